The lowest BCUT2D eigenvalue weighted by atomic mass is 10.0. The number of methoxy groups -OCH3 is 2. The quantitative estimate of drug-likeness (QED) is 0.851. The lowest BCUT2D eigenvalue weighted by Gasteiger charge is -2.19. The Morgan fingerprint density at radius 3 is 2.17 bits per heavy atom. The fourth-order valence-corrected chi connectivity index (χ4v) is 2.86. The molecule has 1 saturated carbocycles. The van der Waals surface area contributed by atoms with Gasteiger partial charge in [-0.25, -0.2) is 0 Å². The number of ether oxygens (including phenoxy) is 2. The SMILES string of the molecule is COc1cc(OC)cc(C(=O)N[C@@H](c2ccc(Cl)cc2)C2CC2)c1. The van der Waals surface area contributed by atoms with Gasteiger partial charge < -0.3 is 14.8 Å². The van der Waals surface area contributed by atoms with E-state index in [2.05, 4.69) is 5.32 Å². The van der Waals surface area contributed by atoms with Crippen LogP contribution in [0.1, 0.15) is 34.8 Å². The first-order valence-corrected chi connectivity index (χ1v) is 8.28. The molecule has 0 unspecified atom stereocenters. The third-order valence-corrected chi connectivity index (χ3v) is 4.47. The van der Waals surface area contributed by atoms with E-state index in [1.807, 2.05) is 24.3 Å². The summed E-state index contributed by atoms with van der Waals surface area (Å²) in [5.41, 5.74) is 1.59. The van der Waals surface area contributed by atoms with Gasteiger partial charge in [0, 0.05) is 16.7 Å². The second-order valence-electron chi connectivity index (χ2n) is 5.94. The van der Waals surface area contributed by atoms with E-state index in [9.17, 15) is 4.79 Å². The van der Waals surface area contributed by atoms with Crippen LogP contribution in [0, 0.1) is 5.92 Å². The lowest BCUT2D eigenvalue weighted by Crippen LogP contribution is -2.29. The second kappa shape index (κ2) is 7.14. The molecule has 1 atom stereocenters. The summed E-state index contributed by atoms with van der Waals surface area (Å²) in [5.74, 6) is 1.52. The van der Waals surface area contributed by atoms with Gasteiger partial charge in [-0.2, -0.15) is 0 Å². The maximum absolute atomic E-state index is 12.7. The highest BCUT2D eigenvalue weighted by Gasteiger charge is 2.33. The normalized spacial score (nSPS) is 14.8. The predicted molar refractivity (Wildman–Crippen MR) is 93.9 cm³/mol. The Kier molecular flexibility index (Phi) is 4.95. The number of hydrogen-bond acceptors (Lipinski definition) is 3. The molecule has 5 heteroatoms. The highest BCUT2D eigenvalue weighted by molar-refractivity contribution is 6.30. The van der Waals surface area contributed by atoms with Gasteiger partial charge in [0.1, 0.15) is 11.5 Å². The van der Waals surface area contributed by atoms with Crippen LogP contribution in [-0.4, -0.2) is 20.1 Å². The van der Waals surface area contributed by atoms with E-state index in [0.29, 0.717) is 28.0 Å². The topological polar surface area (TPSA) is 47.6 Å². The minimum atomic E-state index is -0.140. The maximum atomic E-state index is 12.7. The van der Waals surface area contributed by atoms with E-state index in [1.54, 1.807) is 32.4 Å². The van der Waals surface area contributed by atoms with E-state index in [1.165, 1.54) is 0 Å². The maximum Gasteiger partial charge on any atom is 0.252 e. The summed E-state index contributed by atoms with van der Waals surface area (Å²) in [6.07, 6.45) is 2.24. The molecule has 0 aromatic heterocycles. The number of nitrogens with one attached hydrogen (secondary N) is 1. The van der Waals surface area contributed by atoms with Crippen LogP contribution in [0.3, 0.4) is 0 Å². The van der Waals surface area contributed by atoms with Gasteiger partial charge in [-0.15, -0.1) is 0 Å². The Labute approximate surface area is 146 Å². The number of carbonyl (C=O) groups is 1. The van der Waals surface area contributed by atoms with Crippen LogP contribution < -0.4 is 14.8 Å². The number of amides is 1. The van der Waals surface area contributed by atoms with Crippen molar-refractivity contribution in [3.63, 3.8) is 0 Å². The Hall–Kier alpha value is -2.20. The fraction of sp³-hybridized carbons (Fsp3) is 0.316. The molecule has 1 aliphatic rings. The Morgan fingerprint density at radius 2 is 1.67 bits per heavy atom. The Balaban J connectivity index is 1.82. The van der Waals surface area contributed by atoms with Crippen molar-refractivity contribution in [3.05, 3.63) is 58.6 Å². The molecule has 1 aliphatic carbocycles. The monoisotopic (exact) mass is 345 g/mol. The van der Waals surface area contributed by atoms with Crippen molar-refractivity contribution < 1.29 is 14.3 Å². The molecular weight excluding hydrogens is 326 g/mol. The molecule has 0 spiro atoms. The van der Waals surface area contributed by atoms with Crippen molar-refractivity contribution in [2.75, 3.05) is 14.2 Å². The molecule has 2 aromatic rings. The van der Waals surface area contributed by atoms with Crippen molar-refractivity contribution in [2.24, 2.45) is 5.92 Å². The predicted octanol–water partition coefficient (Wildman–Crippen LogP) is 4.24. The molecule has 0 aliphatic heterocycles. The van der Waals surface area contributed by atoms with Crippen LogP contribution in [0.15, 0.2) is 42.5 Å². The summed E-state index contributed by atoms with van der Waals surface area (Å²) in [6, 6.07) is 12.8. The Bertz CT molecular complexity index is 704. The molecule has 0 saturated heterocycles. The average molecular weight is 346 g/mol. The molecular formula is C19H20ClNO3. The number of hydrogen-bond donors (Lipinski definition) is 1. The molecule has 1 N–H and O–H groups in total. The third-order valence-electron chi connectivity index (χ3n) is 4.22. The molecule has 2 aromatic carbocycles. The highest BCUT2D eigenvalue weighted by Crippen LogP contribution is 2.41. The molecule has 4 nitrogen and oxygen atoms in total. The standard InChI is InChI=1S/C19H20ClNO3/c1-23-16-9-14(10-17(11-16)24-2)19(22)21-18(12-3-4-12)13-5-7-15(20)8-6-13/h5-12,18H,3-4H2,1-2H3,(H,21,22)/t18-/m1/s1. The fourth-order valence-electron chi connectivity index (χ4n) is 2.74. The van der Waals surface area contributed by atoms with Crippen LogP contribution in [0.5, 0.6) is 11.5 Å². The molecule has 126 valence electrons. The zero-order valence-electron chi connectivity index (χ0n) is 13.7. The summed E-state index contributed by atoms with van der Waals surface area (Å²) < 4.78 is 10.5. The van der Waals surface area contributed by atoms with Gasteiger partial charge in [-0.05, 0) is 48.6 Å². The van der Waals surface area contributed by atoms with Crippen molar-refractivity contribution in [3.8, 4) is 11.5 Å². The molecule has 0 radical (unpaired) electrons. The van der Waals surface area contributed by atoms with Gasteiger partial charge in [-0.3, -0.25) is 4.79 Å². The number of rotatable bonds is 6. The van der Waals surface area contributed by atoms with Crippen molar-refractivity contribution in [1.82, 2.24) is 5.32 Å². The first-order chi connectivity index (χ1) is 11.6. The summed E-state index contributed by atoms with van der Waals surface area (Å²) >= 11 is 5.96. The van der Waals surface area contributed by atoms with Crippen LogP contribution in [-0.2, 0) is 0 Å². The van der Waals surface area contributed by atoms with Crippen LogP contribution in [0.2, 0.25) is 5.02 Å². The molecule has 1 amide bonds. The molecule has 24 heavy (non-hydrogen) atoms. The minimum absolute atomic E-state index is 0.00744. The minimum Gasteiger partial charge on any atom is -0.497 e. The van der Waals surface area contributed by atoms with Crippen LogP contribution in [0.25, 0.3) is 0 Å². The van der Waals surface area contributed by atoms with E-state index >= 15 is 0 Å². The van der Waals surface area contributed by atoms with Crippen molar-refractivity contribution in [2.45, 2.75) is 18.9 Å². The average Bonchev–Trinajstić information content (AvgIpc) is 3.44. The summed E-state index contributed by atoms with van der Waals surface area (Å²) in [5, 5.41) is 3.83. The van der Waals surface area contributed by atoms with Gasteiger partial charge >= 0.3 is 0 Å². The summed E-state index contributed by atoms with van der Waals surface area (Å²) in [7, 11) is 3.13. The van der Waals surface area contributed by atoms with E-state index in [-0.39, 0.29) is 11.9 Å². The number of benzene rings is 2. The van der Waals surface area contributed by atoms with Gasteiger partial charge in [0.05, 0.1) is 20.3 Å². The largest absolute Gasteiger partial charge is 0.497 e. The van der Waals surface area contributed by atoms with Crippen LogP contribution >= 0.6 is 11.6 Å². The first kappa shape index (κ1) is 16.7. The molecule has 1 fully saturated rings. The van der Waals surface area contributed by atoms with E-state index in [4.69, 9.17) is 21.1 Å². The third kappa shape index (κ3) is 3.82. The van der Waals surface area contributed by atoms with E-state index in [0.717, 1.165) is 18.4 Å². The van der Waals surface area contributed by atoms with Gasteiger partial charge in [0.15, 0.2) is 0 Å². The van der Waals surface area contributed by atoms with Crippen LogP contribution in [0.4, 0.5) is 0 Å². The highest BCUT2D eigenvalue weighted by atomic mass is 35.5. The van der Waals surface area contributed by atoms with Gasteiger partial charge in [0.2, 0.25) is 0 Å². The smallest absolute Gasteiger partial charge is 0.252 e. The van der Waals surface area contributed by atoms with E-state index < -0.39 is 0 Å². The molecule has 0 heterocycles. The van der Waals surface area contributed by atoms with Crippen molar-refractivity contribution in [1.29, 1.82) is 0 Å². The molecule has 0 bridgehead atoms. The molecule has 3 rings (SSSR count). The number of carbonyl (C=O) groups excluding carboxylic acids is 1. The first-order valence-electron chi connectivity index (χ1n) is 7.90. The second-order valence-corrected chi connectivity index (χ2v) is 6.38. The zero-order chi connectivity index (χ0) is 17.1. The lowest BCUT2D eigenvalue weighted by molar-refractivity contribution is 0.0931. The summed E-state index contributed by atoms with van der Waals surface area (Å²) in [4.78, 5) is 12.7. The number of halogens is 1. The zero-order valence-corrected chi connectivity index (χ0v) is 14.5. The summed E-state index contributed by atoms with van der Waals surface area (Å²) in [6.45, 7) is 0. The Morgan fingerprint density at radius 1 is 1.08 bits per heavy atom. The van der Waals surface area contributed by atoms with Gasteiger partial charge in [-0.1, -0.05) is 23.7 Å². The van der Waals surface area contributed by atoms with Gasteiger partial charge in [0.25, 0.3) is 5.91 Å². The van der Waals surface area contributed by atoms with Crippen molar-refractivity contribution >= 4 is 17.5 Å².